The smallest absolute Gasteiger partial charge is 0.269 e. The van der Waals surface area contributed by atoms with Crippen molar-refractivity contribution in [3.63, 3.8) is 0 Å². The topological polar surface area (TPSA) is 89.3 Å². The molecule has 0 amide bonds. The van der Waals surface area contributed by atoms with Crippen LogP contribution >= 0.6 is 0 Å². The maximum Gasteiger partial charge on any atom is 0.269 e. The van der Waals surface area contributed by atoms with E-state index in [1.54, 1.807) is 61.7 Å². The summed E-state index contributed by atoms with van der Waals surface area (Å²) >= 11 is 0. The molecule has 0 aliphatic heterocycles. The monoisotopic (exact) mass is 455 g/mol. The number of hydrogen-bond acceptors (Lipinski definition) is 5. The highest BCUT2D eigenvalue weighted by Crippen LogP contribution is 2.33. The first-order chi connectivity index (χ1) is 14.6. The second-order valence-corrected chi connectivity index (χ2v) is 11.0. The van der Waals surface area contributed by atoms with Crippen molar-refractivity contribution in [1.82, 2.24) is 8.96 Å². The molecule has 7 nitrogen and oxygen atoms in total. The average molecular weight is 456 g/mol. The third kappa shape index (κ3) is 3.70. The molecular weight excluding hydrogens is 434 g/mol. The summed E-state index contributed by atoms with van der Waals surface area (Å²) in [6.07, 6.45) is 2.72. The van der Waals surface area contributed by atoms with Crippen molar-refractivity contribution >= 4 is 36.8 Å². The second kappa shape index (κ2) is 7.51. The summed E-state index contributed by atoms with van der Waals surface area (Å²) in [5, 5.41) is 0.698. The molecule has 0 fully saturated rings. The molecule has 0 atom stereocenters. The Kier molecular flexibility index (Phi) is 5.10. The Bertz CT molecular complexity index is 1480. The number of aromatic nitrogens is 2. The molecule has 4 rings (SSSR count). The molecule has 0 N–H and O–H groups in total. The Morgan fingerprint density at radius 1 is 0.903 bits per heavy atom. The predicted octanol–water partition coefficient (Wildman–Crippen LogP) is 3.64. The van der Waals surface area contributed by atoms with Crippen LogP contribution in [0.1, 0.15) is 5.69 Å². The minimum Gasteiger partial charge on any atom is -0.274 e. The number of rotatable bonds is 5. The van der Waals surface area contributed by atoms with Crippen LogP contribution in [0.2, 0.25) is 0 Å². The van der Waals surface area contributed by atoms with Gasteiger partial charge in [0.25, 0.3) is 10.0 Å². The summed E-state index contributed by atoms with van der Waals surface area (Å²) in [6.45, 7) is 1.73. The lowest BCUT2D eigenvalue weighted by Gasteiger charge is -2.17. The number of aryl methyl sites for hydroxylation is 1. The Labute approximate surface area is 181 Å². The standard InChI is InChI=1S/C22H21N3O4S2/c1-16-15-21-20(17-9-11-18(12-10-17)24(2)30(3,26)27)13-14-23-22(21)25(16)31(28,29)19-7-5-4-6-8-19/h4-15H,1-3H3. The van der Waals surface area contributed by atoms with Crippen LogP contribution in [-0.4, -0.2) is 39.1 Å². The second-order valence-electron chi connectivity index (χ2n) is 7.24. The van der Waals surface area contributed by atoms with Gasteiger partial charge in [-0.25, -0.2) is 25.8 Å². The third-order valence-corrected chi connectivity index (χ3v) is 8.17. The Hall–Kier alpha value is -3.17. The molecule has 2 aromatic carbocycles. The lowest BCUT2D eigenvalue weighted by Crippen LogP contribution is -2.24. The average Bonchev–Trinajstić information content (AvgIpc) is 3.10. The first-order valence-electron chi connectivity index (χ1n) is 9.43. The molecule has 0 saturated carbocycles. The lowest BCUT2D eigenvalue weighted by molar-refractivity contribution is 0.587. The van der Waals surface area contributed by atoms with E-state index in [1.165, 1.54) is 15.3 Å². The van der Waals surface area contributed by atoms with E-state index in [2.05, 4.69) is 4.98 Å². The van der Waals surface area contributed by atoms with Gasteiger partial charge < -0.3 is 0 Å². The summed E-state index contributed by atoms with van der Waals surface area (Å²) < 4.78 is 52.5. The van der Waals surface area contributed by atoms with Gasteiger partial charge in [0, 0.05) is 24.3 Å². The van der Waals surface area contributed by atoms with Gasteiger partial charge in [0.15, 0.2) is 5.65 Å². The van der Waals surface area contributed by atoms with Crippen molar-refractivity contribution in [2.75, 3.05) is 17.6 Å². The molecule has 0 saturated heterocycles. The van der Waals surface area contributed by atoms with Crippen LogP contribution in [-0.2, 0) is 20.0 Å². The number of fused-ring (bicyclic) bond motifs is 1. The van der Waals surface area contributed by atoms with Crippen molar-refractivity contribution in [2.45, 2.75) is 11.8 Å². The maximum absolute atomic E-state index is 13.3. The van der Waals surface area contributed by atoms with Crippen molar-refractivity contribution < 1.29 is 16.8 Å². The molecule has 0 aliphatic rings. The molecule has 0 spiro atoms. The lowest BCUT2D eigenvalue weighted by atomic mass is 10.0. The van der Waals surface area contributed by atoms with Gasteiger partial charge in [-0.05, 0) is 54.4 Å². The summed E-state index contributed by atoms with van der Waals surface area (Å²) in [6, 6.07) is 18.9. The maximum atomic E-state index is 13.3. The molecule has 0 radical (unpaired) electrons. The Morgan fingerprint density at radius 3 is 2.16 bits per heavy atom. The normalized spacial score (nSPS) is 12.2. The van der Waals surface area contributed by atoms with Gasteiger partial charge in [0.05, 0.1) is 16.8 Å². The molecule has 160 valence electrons. The van der Waals surface area contributed by atoms with E-state index in [9.17, 15) is 16.8 Å². The fraction of sp³-hybridized carbons (Fsp3) is 0.136. The van der Waals surface area contributed by atoms with Crippen LogP contribution in [0.5, 0.6) is 0 Å². The van der Waals surface area contributed by atoms with E-state index in [4.69, 9.17) is 0 Å². The van der Waals surface area contributed by atoms with Crippen LogP contribution < -0.4 is 4.31 Å². The molecule has 4 aromatic rings. The fourth-order valence-corrected chi connectivity index (χ4v) is 5.52. The van der Waals surface area contributed by atoms with Gasteiger partial charge in [-0.15, -0.1) is 0 Å². The molecule has 9 heteroatoms. The van der Waals surface area contributed by atoms with Gasteiger partial charge in [0.1, 0.15) is 0 Å². The van der Waals surface area contributed by atoms with Crippen molar-refractivity contribution in [3.05, 3.63) is 78.6 Å². The van der Waals surface area contributed by atoms with Gasteiger partial charge in [-0.3, -0.25) is 4.31 Å². The van der Waals surface area contributed by atoms with Crippen LogP contribution in [0.15, 0.2) is 77.8 Å². The number of pyridine rings is 1. The van der Waals surface area contributed by atoms with Crippen molar-refractivity contribution in [3.8, 4) is 11.1 Å². The number of benzene rings is 2. The van der Waals surface area contributed by atoms with Crippen LogP contribution in [0.4, 0.5) is 5.69 Å². The van der Waals surface area contributed by atoms with Crippen LogP contribution in [0.25, 0.3) is 22.2 Å². The summed E-state index contributed by atoms with van der Waals surface area (Å²) in [5.41, 5.74) is 3.07. The predicted molar refractivity (Wildman–Crippen MR) is 122 cm³/mol. The minimum absolute atomic E-state index is 0.191. The minimum atomic E-state index is -3.81. The molecule has 2 heterocycles. The van der Waals surface area contributed by atoms with E-state index in [-0.39, 0.29) is 4.90 Å². The van der Waals surface area contributed by atoms with Crippen LogP contribution in [0.3, 0.4) is 0 Å². The molecule has 0 aliphatic carbocycles. The molecule has 31 heavy (non-hydrogen) atoms. The van der Waals surface area contributed by atoms with Crippen LogP contribution in [0, 0.1) is 6.92 Å². The highest BCUT2D eigenvalue weighted by molar-refractivity contribution is 7.92. The zero-order valence-electron chi connectivity index (χ0n) is 17.2. The zero-order chi connectivity index (χ0) is 22.4. The van der Waals surface area contributed by atoms with Gasteiger partial charge in [-0.2, -0.15) is 0 Å². The van der Waals surface area contributed by atoms with E-state index < -0.39 is 20.0 Å². The van der Waals surface area contributed by atoms with Gasteiger partial charge in [0.2, 0.25) is 10.0 Å². The number of nitrogens with zero attached hydrogens (tertiary/aromatic N) is 3. The number of sulfonamides is 1. The highest BCUT2D eigenvalue weighted by atomic mass is 32.2. The first kappa shape index (κ1) is 21.1. The Balaban J connectivity index is 1.85. The van der Waals surface area contributed by atoms with E-state index in [0.717, 1.165) is 17.4 Å². The number of hydrogen-bond donors (Lipinski definition) is 0. The van der Waals surface area contributed by atoms with Gasteiger partial charge in [-0.1, -0.05) is 30.3 Å². The molecule has 2 aromatic heterocycles. The fourth-order valence-electron chi connectivity index (χ4n) is 3.50. The third-order valence-electron chi connectivity index (χ3n) is 5.16. The molecule has 0 bridgehead atoms. The summed E-state index contributed by atoms with van der Waals surface area (Å²) in [5.74, 6) is 0. The van der Waals surface area contributed by atoms with E-state index in [1.807, 2.05) is 18.2 Å². The number of anilines is 1. The van der Waals surface area contributed by atoms with Crippen molar-refractivity contribution in [1.29, 1.82) is 0 Å². The van der Waals surface area contributed by atoms with Gasteiger partial charge >= 0.3 is 0 Å². The highest BCUT2D eigenvalue weighted by Gasteiger charge is 2.23. The van der Waals surface area contributed by atoms with E-state index in [0.29, 0.717) is 22.4 Å². The quantitative estimate of drug-likeness (QED) is 0.458. The Morgan fingerprint density at radius 2 is 1.55 bits per heavy atom. The summed E-state index contributed by atoms with van der Waals surface area (Å²) in [4.78, 5) is 4.54. The van der Waals surface area contributed by atoms with Crippen molar-refractivity contribution in [2.24, 2.45) is 0 Å². The SMILES string of the molecule is Cc1cc2c(-c3ccc(N(C)S(C)(=O)=O)cc3)ccnc2n1S(=O)(=O)c1ccccc1. The zero-order valence-corrected chi connectivity index (χ0v) is 18.9. The first-order valence-corrected chi connectivity index (χ1v) is 12.7. The van der Waals surface area contributed by atoms with E-state index >= 15 is 0 Å². The molecule has 0 unspecified atom stereocenters. The summed E-state index contributed by atoms with van der Waals surface area (Å²) in [7, 11) is -5.67. The largest absolute Gasteiger partial charge is 0.274 e. The molecular formula is C22H21N3O4S2.